The molecule has 0 fully saturated rings. The first-order valence-corrected chi connectivity index (χ1v) is 6.70. The van der Waals surface area contributed by atoms with Gasteiger partial charge in [0.2, 0.25) is 0 Å². The molecule has 0 bridgehead atoms. The third kappa shape index (κ3) is 3.06. The van der Waals surface area contributed by atoms with Gasteiger partial charge in [-0.1, -0.05) is 33.8 Å². The second-order valence-electron chi connectivity index (χ2n) is 2.85. The maximum Gasteiger partial charge on any atom is 0.115 e. The minimum Gasteiger partial charge on any atom is -0.248 e. The van der Waals surface area contributed by atoms with Gasteiger partial charge in [0.15, 0.2) is 0 Å². The van der Waals surface area contributed by atoms with Gasteiger partial charge in [-0.15, -0.1) is 0 Å². The van der Waals surface area contributed by atoms with Crippen molar-refractivity contribution in [1.29, 1.82) is 0 Å². The SMILES string of the molecule is Brc1cccc(Sc2ncccc2Br)c1. The first kappa shape index (κ1) is 11.2. The van der Waals surface area contributed by atoms with E-state index in [0.717, 1.165) is 14.0 Å². The third-order valence-corrected chi connectivity index (χ3v) is 4.14. The van der Waals surface area contributed by atoms with Gasteiger partial charge in [0.1, 0.15) is 5.03 Å². The van der Waals surface area contributed by atoms with E-state index >= 15 is 0 Å². The van der Waals surface area contributed by atoms with Crippen molar-refractivity contribution < 1.29 is 0 Å². The Hall–Kier alpha value is -0.320. The van der Waals surface area contributed by atoms with Gasteiger partial charge in [0, 0.05) is 15.6 Å². The second-order valence-corrected chi connectivity index (χ2v) is 5.68. The van der Waals surface area contributed by atoms with Crippen LogP contribution in [0.4, 0.5) is 0 Å². The number of hydrogen-bond donors (Lipinski definition) is 0. The van der Waals surface area contributed by atoms with Crippen LogP contribution < -0.4 is 0 Å². The molecule has 0 radical (unpaired) electrons. The average molecular weight is 345 g/mol. The Balaban J connectivity index is 2.26. The topological polar surface area (TPSA) is 12.9 Å². The zero-order valence-electron chi connectivity index (χ0n) is 7.65. The Kier molecular flexibility index (Phi) is 3.83. The number of nitrogens with zero attached hydrogens (tertiary/aromatic N) is 1. The molecule has 0 aliphatic carbocycles. The smallest absolute Gasteiger partial charge is 0.115 e. The second kappa shape index (κ2) is 5.14. The molecule has 0 saturated carbocycles. The van der Waals surface area contributed by atoms with Crippen molar-refractivity contribution in [3.8, 4) is 0 Å². The summed E-state index contributed by atoms with van der Waals surface area (Å²) in [5, 5.41) is 0.982. The molecule has 0 spiro atoms. The zero-order valence-corrected chi connectivity index (χ0v) is 11.6. The molecule has 0 unspecified atom stereocenters. The van der Waals surface area contributed by atoms with Crippen LogP contribution in [0.15, 0.2) is 61.5 Å². The van der Waals surface area contributed by atoms with E-state index in [2.05, 4.69) is 49.0 Å². The summed E-state index contributed by atoms with van der Waals surface area (Å²) in [6.07, 6.45) is 1.80. The van der Waals surface area contributed by atoms with Crippen molar-refractivity contribution in [2.45, 2.75) is 9.92 Å². The molecule has 1 nitrogen and oxygen atoms in total. The van der Waals surface area contributed by atoms with Crippen molar-refractivity contribution in [2.75, 3.05) is 0 Å². The summed E-state index contributed by atoms with van der Waals surface area (Å²) in [6.45, 7) is 0. The molecule has 0 atom stereocenters. The van der Waals surface area contributed by atoms with E-state index < -0.39 is 0 Å². The van der Waals surface area contributed by atoms with Crippen LogP contribution in [0.3, 0.4) is 0 Å². The highest BCUT2D eigenvalue weighted by Gasteiger charge is 2.02. The van der Waals surface area contributed by atoms with Crippen LogP contribution in [-0.2, 0) is 0 Å². The molecule has 1 aromatic carbocycles. The molecular formula is C11H7Br2NS. The highest BCUT2D eigenvalue weighted by molar-refractivity contribution is 9.10. The quantitative estimate of drug-likeness (QED) is 0.779. The van der Waals surface area contributed by atoms with Crippen molar-refractivity contribution >= 4 is 43.6 Å². The number of hydrogen-bond acceptors (Lipinski definition) is 2. The first-order chi connectivity index (χ1) is 7.25. The molecule has 4 heteroatoms. The summed E-state index contributed by atoms with van der Waals surface area (Å²) in [4.78, 5) is 5.47. The molecule has 1 aromatic heterocycles. The summed E-state index contributed by atoms with van der Waals surface area (Å²) in [6, 6.07) is 12.1. The van der Waals surface area contributed by atoms with E-state index in [1.54, 1.807) is 18.0 Å². The van der Waals surface area contributed by atoms with E-state index in [1.165, 1.54) is 4.90 Å². The Morgan fingerprint density at radius 1 is 1.07 bits per heavy atom. The molecule has 0 saturated heterocycles. The lowest BCUT2D eigenvalue weighted by Crippen LogP contribution is -1.80. The fraction of sp³-hybridized carbons (Fsp3) is 0. The minimum atomic E-state index is 0.982. The molecule has 15 heavy (non-hydrogen) atoms. The van der Waals surface area contributed by atoms with E-state index in [1.807, 2.05) is 24.3 Å². The lowest BCUT2D eigenvalue weighted by Gasteiger charge is -2.02. The number of halogens is 2. The highest BCUT2D eigenvalue weighted by Crippen LogP contribution is 2.32. The van der Waals surface area contributed by atoms with Gasteiger partial charge in [-0.25, -0.2) is 4.98 Å². The van der Waals surface area contributed by atoms with Crippen molar-refractivity contribution in [2.24, 2.45) is 0 Å². The van der Waals surface area contributed by atoms with Crippen molar-refractivity contribution in [3.05, 3.63) is 51.5 Å². The van der Waals surface area contributed by atoms with E-state index in [0.29, 0.717) is 0 Å². The van der Waals surface area contributed by atoms with Crippen LogP contribution in [0.1, 0.15) is 0 Å². The van der Waals surface area contributed by atoms with Gasteiger partial charge >= 0.3 is 0 Å². The maximum absolute atomic E-state index is 4.30. The lowest BCUT2D eigenvalue weighted by atomic mass is 10.4. The summed E-state index contributed by atoms with van der Waals surface area (Å²) >= 11 is 8.57. The van der Waals surface area contributed by atoms with E-state index in [-0.39, 0.29) is 0 Å². The number of aromatic nitrogens is 1. The summed E-state index contributed by atoms with van der Waals surface area (Å²) < 4.78 is 2.11. The normalized spacial score (nSPS) is 10.3. The molecule has 0 amide bonds. The molecule has 0 aliphatic rings. The monoisotopic (exact) mass is 343 g/mol. The molecule has 2 aromatic rings. The number of benzene rings is 1. The minimum absolute atomic E-state index is 0.982. The van der Waals surface area contributed by atoms with Crippen LogP contribution in [0.5, 0.6) is 0 Å². The number of pyridine rings is 1. The van der Waals surface area contributed by atoms with Crippen LogP contribution in [-0.4, -0.2) is 4.98 Å². The van der Waals surface area contributed by atoms with Crippen LogP contribution in [0, 0.1) is 0 Å². The largest absolute Gasteiger partial charge is 0.248 e. The Morgan fingerprint density at radius 2 is 1.93 bits per heavy atom. The highest BCUT2D eigenvalue weighted by atomic mass is 79.9. The molecule has 1 heterocycles. The summed E-state index contributed by atoms with van der Waals surface area (Å²) in [5.41, 5.74) is 0. The van der Waals surface area contributed by atoms with Crippen molar-refractivity contribution in [1.82, 2.24) is 4.98 Å². The van der Waals surface area contributed by atoms with Gasteiger partial charge in [-0.3, -0.25) is 0 Å². The van der Waals surface area contributed by atoms with Gasteiger partial charge in [0.05, 0.1) is 4.47 Å². The molecule has 0 aliphatic heterocycles. The van der Waals surface area contributed by atoms with Gasteiger partial charge in [-0.05, 0) is 46.3 Å². The molecule has 76 valence electrons. The fourth-order valence-electron chi connectivity index (χ4n) is 1.09. The van der Waals surface area contributed by atoms with Crippen LogP contribution >= 0.6 is 43.6 Å². The number of rotatable bonds is 2. The van der Waals surface area contributed by atoms with Gasteiger partial charge in [-0.2, -0.15) is 0 Å². The average Bonchev–Trinajstić information content (AvgIpc) is 2.22. The summed E-state index contributed by atoms with van der Waals surface area (Å²) in [5.74, 6) is 0. The predicted molar refractivity (Wildman–Crippen MR) is 70.2 cm³/mol. The van der Waals surface area contributed by atoms with E-state index in [4.69, 9.17) is 0 Å². The Morgan fingerprint density at radius 3 is 2.67 bits per heavy atom. The molecular weight excluding hydrogens is 338 g/mol. The fourth-order valence-corrected chi connectivity index (χ4v) is 2.97. The third-order valence-electron chi connectivity index (χ3n) is 1.74. The lowest BCUT2D eigenvalue weighted by molar-refractivity contribution is 1.11. The maximum atomic E-state index is 4.30. The Bertz CT molecular complexity index is 474. The zero-order chi connectivity index (χ0) is 10.7. The van der Waals surface area contributed by atoms with Gasteiger partial charge in [0.25, 0.3) is 0 Å². The first-order valence-electron chi connectivity index (χ1n) is 4.29. The van der Waals surface area contributed by atoms with Crippen LogP contribution in [0.25, 0.3) is 0 Å². The summed E-state index contributed by atoms with van der Waals surface area (Å²) in [7, 11) is 0. The van der Waals surface area contributed by atoms with Crippen molar-refractivity contribution in [3.63, 3.8) is 0 Å². The standard InChI is InChI=1S/C11H7Br2NS/c12-8-3-1-4-9(7-8)15-11-10(13)5-2-6-14-11/h1-7H. The molecule has 2 rings (SSSR count). The van der Waals surface area contributed by atoms with E-state index in [9.17, 15) is 0 Å². The van der Waals surface area contributed by atoms with Gasteiger partial charge < -0.3 is 0 Å². The molecule has 0 N–H and O–H groups in total. The van der Waals surface area contributed by atoms with Crippen LogP contribution in [0.2, 0.25) is 0 Å². The Labute approximate surface area is 110 Å². The predicted octanol–water partition coefficient (Wildman–Crippen LogP) is 4.76.